The van der Waals surface area contributed by atoms with E-state index in [0.717, 1.165) is 0 Å². The van der Waals surface area contributed by atoms with Crippen molar-refractivity contribution in [2.75, 3.05) is 6.61 Å². The third kappa shape index (κ3) is 4.34. The van der Waals surface area contributed by atoms with E-state index in [9.17, 15) is 4.79 Å². The Kier molecular flexibility index (Phi) is 5.59. The van der Waals surface area contributed by atoms with E-state index in [2.05, 4.69) is 11.2 Å². The summed E-state index contributed by atoms with van der Waals surface area (Å²) in [7, 11) is 0. The molecule has 3 N–H and O–H groups in total. The van der Waals surface area contributed by atoms with Crippen LogP contribution in [0.2, 0.25) is 5.02 Å². The van der Waals surface area contributed by atoms with Gasteiger partial charge in [0.25, 0.3) is 5.91 Å². The first-order chi connectivity index (χ1) is 8.54. The molecule has 1 amide bonds. The Labute approximate surface area is 115 Å². The van der Waals surface area contributed by atoms with Gasteiger partial charge < -0.3 is 15.8 Å². The second-order valence-electron chi connectivity index (χ2n) is 3.28. The minimum Gasteiger partial charge on any atom is -0.390 e. The number of amides is 1. The molecule has 0 aliphatic rings. The summed E-state index contributed by atoms with van der Waals surface area (Å²) in [6.07, 6.45) is 4.16. The number of carbonyl (C=O) groups is 1. The number of carbonyl (C=O) groups excluding carboxylic acids is 1. The number of nitrogens with two attached hydrogens (primary N) is 1. The first kappa shape index (κ1) is 14.5. The molecule has 0 aliphatic carbocycles. The van der Waals surface area contributed by atoms with Crippen molar-refractivity contribution in [1.29, 1.82) is 0 Å². The van der Waals surface area contributed by atoms with Gasteiger partial charge in [0.05, 0.1) is 0 Å². The largest absolute Gasteiger partial charge is 0.390 e. The molecule has 0 spiro atoms. The monoisotopic (exact) mass is 282 g/mol. The maximum absolute atomic E-state index is 11.8. The molecule has 1 rings (SSSR count). The Morgan fingerprint density at radius 3 is 2.67 bits per heavy atom. The minimum absolute atomic E-state index is 0.00288. The van der Waals surface area contributed by atoms with Gasteiger partial charge in [-0.25, -0.2) is 0 Å². The van der Waals surface area contributed by atoms with Crippen molar-refractivity contribution in [3.05, 3.63) is 34.9 Å². The summed E-state index contributed by atoms with van der Waals surface area (Å²) in [6.45, 7) is 0.00288. The molecule has 0 aromatic heterocycles. The molecular formula is C12H11ClN2O2S. The van der Waals surface area contributed by atoms with Crippen LogP contribution in [0.5, 0.6) is 0 Å². The zero-order valence-electron chi connectivity index (χ0n) is 9.35. The Morgan fingerprint density at radius 1 is 1.56 bits per heavy atom. The fourth-order valence-corrected chi connectivity index (χ4v) is 1.38. The van der Waals surface area contributed by atoms with Gasteiger partial charge in [-0.05, 0) is 24.3 Å². The molecule has 0 fully saturated rings. The Balaban J connectivity index is 2.69. The van der Waals surface area contributed by atoms with Crippen LogP contribution in [0, 0.1) is 12.3 Å². The van der Waals surface area contributed by atoms with Crippen LogP contribution in [0.1, 0.15) is 10.4 Å². The molecule has 94 valence electrons. The molecule has 0 aliphatic heterocycles. The maximum Gasteiger partial charge on any atom is 0.253 e. The number of ether oxygens (including phenoxy) is 1. The molecule has 4 nitrogen and oxygen atoms in total. The van der Waals surface area contributed by atoms with Gasteiger partial charge in [-0.15, -0.1) is 6.42 Å². The topological polar surface area (TPSA) is 64.3 Å². The average molecular weight is 283 g/mol. The molecule has 1 unspecified atom stereocenters. The van der Waals surface area contributed by atoms with E-state index >= 15 is 0 Å². The fraction of sp³-hybridized carbons (Fsp3) is 0.167. The molecule has 0 saturated heterocycles. The third-order valence-corrected chi connectivity index (χ3v) is 2.43. The van der Waals surface area contributed by atoms with Crippen LogP contribution in [0.25, 0.3) is 0 Å². The lowest BCUT2D eigenvalue weighted by molar-refractivity contribution is 0.0724. The molecule has 6 heteroatoms. The summed E-state index contributed by atoms with van der Waals surface area (Å²) in [6, 6.07) is 6.37. The van der Waals surface area contributed by atoms with E-state index in [1.54, 1.807) is 24.3 Å². The quantitative estimate of drug-likeness (QED) is 0.486. The highest BCUT2D eigenvalue weighted by Crippen LogP contribution is 2.09. The van der Waals surface area contributed by atoms with Gasteiger partial charge in [-0.3, -0.25) is 4.79 Å². The van der Waals surface area contributed by atoms with Crippen molar-refractivity contribution in [2.45, 2.75) is 6.23 Å². The van der Waals surface area contributed by atoms with Crippen molar-refractivity contribution < 1.29 is 9.53 Å². The second kappa shape index (κ2) is 6.97. The van der Waals surface area contributed by atoms with Crippen molar-refractivity contribution in [2.24, 2.45) is 5.73 Å². The van der Waals surface area contributed by atoms with E-state index in [0.29, 0.717) is 10.6 Å². The molecule has 1 aromatic carbocycles. The molecule has 0 radical (unpaired) electrons. The van der Waals surface area contributed by atoms with Crippen LogP contribution >= 0.6 is 23.8 Å². The zero-order chi connectivity index (χ0) is 13.5. The van der Waals surface area contributed by atoms with Crippen LogP contribution in [-0.2, 0) is 4.74 Å². The molecular weight excluding hydrogens is 272 g/mol. The standard InChI is InChI=1S/C12H11ClN2O2S/c1-2-7-17-12(10(14)18)15-11(16)8-3-5-9(13)6-4-8/h1,3-6,12H,7H2,(H2,14,18)(H,15,16). The summed E-state index contributed by atoms with van der Waals surface area (Å²) in [5.41, 5.74) is 5.85. The fourth-order valence-electron chi connectivity index (χ4n) is 1.13. The zero-order valence-corrected chi connectivity index (χ0v) is 10.9. The lowest BCUT2D eigenvalue weighted by Gasteiger charge is -2.16. The van der Waals surface area contributed by atoms with Crippen LogP contribution in [0.3, 0.4) is 0 Å². The van der Waals surface area contributed by atoms with Crippen LogP contribution in [0.15, 0.2) is 24.3 Å². The summed E-state index contributed by atoms with van der Waals surface area (Å²) >= 11 is 10.5. The number of hydrogen-bond donors (Lipinski definition) is 2. The summed E-state index contributed by atoms with van der Waals surface area (Å²) in [5.74, 6) is 1.89. The highest BCUT2D eigenvalue weighted by Gasteiger charge is 2.16. The minimum atomic E-state index is -0.890. The van der Waals surface area contributed by atoms with Gasteiger partial charge in [-0.2, -0.15) is 0 Å². The average Bonchev–Trinajstić information content (AvgIpc) is 2.34. The lowest BCUT2D eigenvalue weighted by Crippen LogP contribution is -2.45. The summed E-state index contributed by atoms with van der Waals surface area (Å²) in [5, 5.41) is 3.06. The second-order valence-corrected chi connectivity index (χ2v) is 4.19. The van der Waals surface area contributed by atoms with Crippen LogP contribution in [0.4, 0.5) is 0 Å². The predicted octanol–water partition coefficient (Wildman–Crippen LogP) is 1.33. The van der Waals surface area contributed by atoms with Crippen molar-refractivity contribution in [3.8, 4) is 12.3 Å². The molecule has 0 heterocycles. The number of hydrogen-bond acceptors (Lipinski definition) is 3. The van der Waals surface area contributed by atoms with Gasteiger partial charge in [0.15, 0.2) is 6.23 Å². The van der Waals surface area contributed by atoms with E-state index in [1.165, 1.54) is 0 Å². The highest BCUT2D eigenvalue weighted by molar-refractivity contribution is 7.80. The molecule has 0 bridgehead atoms. The Morgan fingerprint density at radius 2 is 2.17 bits per heavy atom. The highest BCUT2D eigenvalue weighted by atomic mass is 35.5. The Bertz CT molecular complexity index is 482. The van der Waals surface area contributed by atoms with Crippen molar-refractivity contribution in [1.82, 2.24) is 5.32 Å². The first-order valence-electron chi connectivity index (χ1n) is 4.95. The SMILES string of the molecule is C#CCOC(NC(=O)c1ccc(Cl)cc1)C(N)=S. The third-order valence-electron chi connectivity index (χ3n) is 1.96. The van der Waals surface area contributed by atoms with Crippen molar-refractivity contribution in [3.63, 3.8) is 0 Å². The van der Waals surface area contributed by atoms with Gasteiger partial charge in [0.1, 0.15) is 11.6 Å². The number of nitrogens with one attached hydrogen (secondary N) is 1. The van der Waals surface area contributed by atoms with Gasteiger partial charge >= 0.3 is 0 Å². The van der Waals surface area contributed by atoms with Crippen molar-refractivity contribution >= 4 is 34.7 Å². The predicted molar refractivity (Wildman–Crippen MR) is 74.3 cm³/mol. The van der Waals surface area contributed by atoms with Gasteiger partial charge in [0.2, 0.25) is 0 Å². The number of thiocarbonyl (C=S) groups is 1. The number of halogens is 1. The maximum atomic E-state index is 11.8. The number of rotatable bonds is 5. The number of benzene rings is 1. The van der Waals surface area contributed by atoms with Gasteiger partial charge in [0, 0.05) is 10.6 Å². The smallest absolute Gasteiger partial charge is 0.253 e. The number of terminal acetylenes is 1. The van der Waals surface area contributed by atoms with E-state index in [-0.39, 0.29) is 17.5 Å². The molecule has 18 heavy (non-hydrogen) atoms. The summed E-state index contributed by atoms with van der Waals surface area (Å²) in [4.78, 5) is 11.8. The van der Waals surface area contributed by atoms with E-state index in [1.807, 2.05) is 0 Å². The first-order valence-corrected chi connectivity index (χ1v) is 5.74. The Hall–Kier alpha value is -1.61. The van der Waals surface area contributed by atoms with Crippen LogP contribution in [-0.4, -0.2) is 23.7 Å². The van der Waals surface area contributed by atoms with Crippen LogP contribution < -0.4 is 11.1 Å². The molecule has 1 aromatic rings. The van der Waals surface area contributed by atoms with Gasteiger partial charge in [-0.1, -0.05) is 29.7 Å². The van der Waals surface area contributed by atoms with E-state index in [4.69, 9.17) is 40.7 Å². The lowest BCUT2D eigenvalue weighted by atomic mass is 10.2. The van der Waals surface area contributed by atoms with E-state index < -0.39 is 6.23 Å². The normalized spacial score (nSPS) is 11.3. The molecule has 1 atom stereocenters. The summed E-state index contributed by atoms with van der Waals surface area (Å²) < 4.78 is 5.11. The molecule has 0 saturated carbocycles.